The molecule has 0 spiro atoms. The first-order valence-electron chi connectivity index (χ1n) is 10.2. The Balaban J connectivity index is 2.02. The monoisotopic (exact) mass is 443 g/mol. The summed E-state index contributed by atoms with van der Waals surface area (Å²) in [5.74, 6) is -0.344. The van der Waals surface area contributed by atoms with Crippen molar-refractivity contribution in [1.29, 1.82) is 0 Å². The Hall–Kier alpha value is -2.97. The van der Waals surface area contributed by atoms with Crippen LogP contribution in [0.2, 0.25) is 0 Å². The van der Waals surface area contributed by atoms with Crippen molar-refractivity contribution in [1.82, 2.24) is 10.2 Å². The zero-order valence-electron chi connectivity index (χ0n) is 17.7. The Labute approximate surface area is 188 Å². The predicted molar refractivity (Wildman–Crippen MR) is 124 cm³/mol. The third kappa shape index (κ3) is 8.74. The van der Waals surface area contributed by atoms with Gasteiger partial charge in [-0.15, -0.1) is 0 Å². The average molecular weight is 444 g/mol. The van der Waals surface area contributed by atoms with Gasteiger partial charge in [0.05, 0.1) is 12.2 Å². The summed E-state index contributed by atoms with van der Waals surface area (Å²) in [7, 11) is 0. The number of benzene rings is 2. The molecule has 0 aromatic heterocycles. The summed E-state index contributed by atoms with van der Waals surface area (Å²) < 4.78 is 11.0. The molecule has 2 aromatic carbocycles. The van der Waals surface area contributed by atoms with Crippen molar-refractivity contribution in [3.05, 3.63) is 65.7 Å². The third-order valence-corrected chi connectivity index (χ3v) is 4.83. The highest BCUT2D eigenvalue weighted by Gasteiger charge is 2.17. The number of nitrogens with one attached hydrogen (secondary N) is 1. The van der Waals surface area contributed by atoms with Crippen molar-refractivity contribution in [3.8, 4) is 5.75 Å². The molecule has 0 fully saturated rings. The molecule has 2 aromatic rings. The topological polar surface area (TPSA) is 93.9 Å². The Kier molecular flexibility index (Phi) is 10.5. The quantitative estimate of drug-likeness (QED) is 0.387. The molecule has 0 bridgehead atoms. The van der Waals surface area contributed by atoms with Crippen LogP contribution in [0.5, 0.6) is 5.75 Å². The van der Waals surface area contributed by atoms with Crippen LogP contribution in [0, 0.1) is 0 Å². The SMILES string of the molecule is CCOCCOc1ccccc1C(=O)NC(=S)N(CCC(N)=O)CCc1ccccc1. The summed E-state index contributed by atoms with van der Waals surface area (Å²) in [6.07, 6.45) is 0.856. The zero-order chi connectivity index (χ0) is 22.5. The third-order valence-electron chi connectivity index (χ3n) is 4.47. The molecule has 2 rings (SSSR count). The van der Waals surface area contributed by atoms with Crippen LogP contribution < -0.4 is 15.8 Å². The molecule has 0 aliphatic rings. The first-order chi connectivity index (χ1) is 15.0. The van der Waals surface area contributed by atoms with Crippen molar-refractivity contribution in [2.45, 2.75) is 19.8 Å². The highest BCUT2D eigenvalue weighted by molar-refractivity contribution is 7.80. The standard InChI is InChI=1S/C23H29N3O4S/c1-2-29-16-17-30-20-11-7-6-10-19(20)22(28)25-23(31)26(15-13-21(24)27)14-12-18-8-4-3-5-9-18/h3-11H,2,12-17H2,1H3,(H2,24,27)(H,25,28,31). The fourth-order valence-corrected chi connectivity index (χ4v) is 3.12. The molecule has 0 atom stereocenters. The van der Waals surface area contributed by atoms with Crippen LogP contribution in [-0.4, -0.2) is 54.7 Å². The smallest absolute Gasteiger partial charge is 0.261 e. The van der Waals surface area contributed by atoms with Gasteiger partial charge in [0, 0.05) is 26.1 Å². The molecule has 0 radical (unpaired) electrons. The molecular formula is C23H29N3O4S. The van der Waals surface area contributed by atoms with Crippen LogP contribution in [0.1, 0.15) is 29.3 Å². The highest BCUT2D eigenvalue weighted by Crippen LogP contribution is 2.18. The molecule has 0 unspecified atom stereocenters. The lowest BCUT2D eigenvalue weighted by molar-refractivity contribution is -0.118. The Bertz CT molecular complexity index is 861. The number of para-hydroxylation sites is 1. The molecule has 166 valence electrons. The number of nitrogens with two attached hydrogens (primary N) is 1. The number of hydrogen-bond acceptors (Lipinski definition) is 5. The second-order valence-corrected chi connectivity index (χ2v) is 7.13. The number of ether oxygens (including phenoxy) is 2. The van der Waals surface area contributed by atoms with E-state index in [2.05, 4.69) is 5.32 Å². The molecule has 0 aliphatic heterocycles. The van der Waals surface area contributed by atoms with Gasteiger partial charge in [-0.1, -0.05) is 42.5 Å². The number of thiocarbonyl (C=S) groups is 1. The van der Waals surface area contributed by atoms with Crippen LogP contribution >= 0.6 is 12.2 Å². The summed E-state index contributed by atoms with van der Waals surface area (Å²) in [4.78, 5) is 25.9. The number of hydrogen-bond donors (Lipinski definition) is 2. The number of primary amides is 1. The molecule has 0 heterocycles. The number of carbonyl (C=O) groups excluding carboxylic acids is 2. The van der Waals surface area contributed by atoms with Gasteiger partial charge in [0.1, 0.15) is 12.4 Å². The molecule has 2 amide bonds. The van der Waals surface area contributed by atoms with Crippen molar-refractivity contribution in [3.63, 3.8) is 0 Å². The van der Waals surface area contributed by atoms with E-state index in [1.54, 1.807) is 29.2 Å². The van der Waals surface area contributed by atoms with Crippen LogP contribution in [0.3, 0.4) is 0 Å². The van der Waals surface area contributed by atoms with E-state index in [-0.39, 0.29) is 17.4 Å². The molecule has 8 heteroatoms. The minimum atomic E-state index is -0.424. The van der Waals surface area contributed by atoms with E-state index in [1.807, 2.05) is 37.3 Å². The number of amides is 2. The average Bonchev–Trinajstić information content (AvgIpc) is 2.77. The molecule has 0 saturated heterocycles. The maximum absolute atomic E-state index is 12.9. The van der Waals surface area contributed by atoms with Gasteiger partial charge in [0.25, 0.3) is 5.91 Å². The Morgan fingerprint density at radius 1 is 1.03 bits per heavy atom. The minimum absolute atomic E-state index is 0.141. The Morgan fingerprint density at radius 2 is 1.74 bits per heavy atom. The lowest BCUT2D eigenvalue weighted by Gasteiger charge is -2.25. The number of carbonyl (C=O) groups is 2. The van der Waals surface area contributed by atoms with Gasteiger partial charge in [0.15, 0.2) is 5.11 Å². The lowest BCUT2D eigenvalue weighted by Crippen LogP contribution is -2.44. The minimum Gasteiger partial charge on any atom is -0.490 e. The summed E-state index contributed by atoms with van der Waals surface area (Å²) in [6, 6.07) is 16.9. The second kappa shape index (κ2) is 13.4. The first kappa shape index (κ1) is 24.3. The van der Waals surface area contributed by atoms with Gasteiger partial charge < -0.3 is 20.1 Å². The Morgan fingerprint density at radius 3 is 2.45 bits per heavy atom. The zero-order valence-corrected chi connectivity index (χ0v) is 18.5. The normalized spacial score (nSPS) is 10.4. The van der Waals surface area contributed by atoms with Crippen molar-refractivity contribution in [2.75, 3.05) is 32.9 Å². The summed E-state index contributed by atoms with van der Waals surface area (Å²) in [6.45, 7) is 4.15. The number of nitrogens with zero attached hydrogens (tertiary/aromatic N) is 1. The van der Waals surface area contributed by atoms with Gasteiger partial charge in [-0.2, -0.15) is 0 Å². The number of rotatable bonds is 12. The van der Waals surface area contributed by atoms with E-state index >= 15 is 0 Å². The maximum atomic E-state index is 12.9. The summed E-state index contributed by atoms with van der Waals surface area (Å²) >= 11 is 5.47. The van der Waals surface area contributed by atoms with Gasteiger partial charge >= 0.3 is 0 Å². The lowest BCUT2D eigenvalue weighted by atomic mass is 10.1. The fourth-order valence-electron chi connectivity index (χ4n) is 2.85. The molecule has 3 N–H and O–H groups in total. The van der Waals surface area contributed by atoms with E-state index in [9.17, 15) is 9.59 Å². The summed E-state index contributed by atoms with van der Waals surface area (Å²) in [5, 5.41) is 3.00. The molecule has 7 nitrogen and oxygen atoms in total. The fraction of sp³-hybridized carbons (Fsp3) is 0.348. The molecule has 0 aliphatic carbocycles. The van der Waals surface area contributed by atoms with E-state index in [0.29, 0.717) is 50.6 Å². The van der Waals surface area contributed by atoms with Crippen molar-refractivity contribution in [2.24, 2.45) is 5.73 Å². The highest BCUT2D eigenvalue weighted by atomic mass is 32.1. The largest absolute Gasteiger partial charge is 0.490 e. The van der Waals surface area contributed by atoms with Gasteiger partial charge in [-0.25, -0.2) is 0 Å². The van der Waals surface area contributed by atoms with Crippen LogP contribution in [-0.2, 0) is 16.0 Å². The van der Waals surface area contributed by atoms with E-state index in [4.69, 9.17) is 27.4 Å². The molecule has 0 saturated carbocycles. The van der Waals surface area contributed by atoms with Crippen LogP contribution in [0.25, 0.3) is 0 Å². The van der Waals surface area contributed by atoms with Crippen LogP contribution in [0.4, 0.5) is 0 Å². The van der Waals surface area contributed by atoms with Gasteiger partial charge in [0.2, 0.25) is 5.91 Å². The predicted octanol–water partition coefficient (Wildman–Crippen LogP) is 2.54. The van der Waals surface area contributed by atoms with Crippen molar-refractivity contribution < 1.29 is 19.1 Å². The van der Waals surface area contributed by atoms with E-state index < -0.39 is 5.91 Å². The first-order valence-corrected chi connectivity index (χ1v) is 10.6. The summed E-state index contributed by atoms with van der Waals surface area (Å²) in [5.41, 5.74) is 6.81. The van der Waals surface area contributed by atoms with E-state index in [0.717, 1.165) is 5.56 Å². The van der Waals surface area contributed by atoms with E-state index in [1.165, 1.54) is 0 Å². The van der Waals surface area contributed by atoms with Crippen molar-refractivity contribution >= 4 is 29.1 Å². The molecule has 31 heavy (non-hydrogen) atoms. The van der Waals surface area contributed by atoms with Crippen LogP contribution in [0.15, 0.2) is 54.6 Å². The maximum Gasteiger partial charge on any atom is 0.261 e. The van der Waals surface area contributed by atoms with Gasteiger partial charge in [-0.3, -0.25) is 14.9 Å². The second-order valence-electron chi connectivity index (χ2n) is 6.74. The van der Waals surface area contributed by atoms with Gasteiger partial charge in [-0.05, 0) is 43.3 Å². The molecular weight excluding hydrogens is 414 g/mol.